The van der Waals surface area contributed by atoms with E-state index in [0.29, 0.717) is 5.69 Å². The lowest BCUT2D eigenvalue weighted by atomic mass is 10.1. The summed E-state index contributed by atoms with van der Waals surface area (Å²) in [5.74, 6) is 0. The number of benzene rings is 1. The standard InChI is InChI=1S/C11H15F3N2/c1-15-7-8-4-5-9(16(2)3)6-10(8)11(12,13)14/h4-6,15H,7H2,1-3H3. The minimum atomic E-state index is -4.31. The zero-order valence-corrected chi connectivity index (χ0v) is 9.52. The molecular weight excluding hydrogens is 217 g/mol. The predicted molar refractivity (Wildman–Crippen MR) is 58.5 cm³/mol. The van der Waals surface area contributed by atoms with E-state index in [1.165, 1.54) is 12.1 Å². The maximum absolute atomic E-state index is 12.8. The van der Waals surface area contributed by atoms with Gasteiger partial charge in [-0.3, -0.25) is 0 Å². The minimum absolute atomic E-state index is 0.211. The number of rotatable bonds is 3. The van der Waals surface area contributed by atoms with Crippen LogP contribution < -0.4 is 10.2 Å². The molecule has 5 heteroatoms. The van der Waals surface area contributed by atoms with Crippen molar-refractivity contribution in [2.45, 2.75) is 12.7 Å². The number of nitrogens with one attached hydrogen (secondary N) is 1. The highest BCUT2D eigenvalue weighted by Crippen LogP contribution is 2.34. The summed E-state index contributed by atoms with van der Waals surface area (Å²) >= 11 is 0. The molecule has 0 saturated heterocycles. The van der Waals surface area contributed by atoms with E-state index in [2.05, 4.69) is 5.32 Å². The maximum Gasteiger partial charge on any atom is 0.416 e. The molecule has 0 aliphatic heterocycles. The largest absolute Gasteiger partial charge is 0.416 e. The van der Waals surface area contributed by atoms with E-state index < -0.39 is 11.7 Å². The second-order valence-electron chi connectivity index (χ2n) is 3.76. The average molecular weight is 232 g/mol. The Kier molecular flexibility index (Phi) is 3.80. The third-order valence-electron chi connectivity index (χ3n) is 2.28. The summed E-state index contributed by atoms with van der Waals surface area (Å²) < 4.78 is 38.3. The van der Waals surface area contributed by atoms with Crippen molar-refractivity contribution in [3.63, 3.8) is 0 Å². The van der Waals surface area contributed by atoms with Gasteiger partial charge in [-0.1, -0.05) is 6.07 Å². The fourth-order valence-electron chi connectivity index (χ4n) is 1.45. The summed E-state index contributed by atoms with van der Waals surface area (Å²) in [7, 11) is 5.06. The highest BCUT2D eigenvalue weighted by atomic mass is 19.4. The Balaban J connectivity index is 3.21. The van der Waals surface area contributed by atoms with Gasteiger partial charge in [0.25, 0.3) is 0 Å². The van der Waals surface area contributed by atoms with Crippen molar-refractivity contribution in [3.8, 4) is 0 Å². The normalized spacial score (nSPS) is 11.6. The Morgan fingerprint density at radius 3 is 2.31 bits per heavy atom. The minimum Gasteiger partial charge on any atom is -0.378 e. The van der Waals surface area contributed by atoms with Crippen molar-refractivity contribution in [2.24, 2.45) is 0 Å². The van der Waals surface area contributed by atoms with Gasteiger partial charge in [-0.2, -0.15) is 13.2 Å². The molecule has 0 aliphatic carbocycles. The summed E-state index contributed by atoms with van der Waals surface area (Å²) in [6.07, 6.45) is -4.31. The van der Waals surface area contributed by atoms with Gasteiger partial charge in [0.2, 0.25) is 0 Å². The average Bonchev–Trinajstić information content (AvgIpc) is 2.16. The van der Waals surface area contributed by atoms with Gasteiger partial charge in [0.1, 0.15) is 0 Å². The first-order chi connectivity index (χ1) is 7.36. The SMILES string of the molecule is CNCc1ccc(N(C)C)cc1C(F)(F)F. The van der Waals surface area contributed by atoms with Gasteiger partial charge in [0.05, 0.1) is 5.56 Å². The highest BCUT2D eigenvalue weighted by Gasteiger charge is 2.33. The molecule has 16 heavy (non-hydrogen) atoms. The van der Waals surface area contributed by atoms with E-state index in [-0.39, 0.29) is 12.1 Å². The van der Waals surface area contributed by atoms with Gasteiger partial charge in [0, 0.05) is 26.3 Å². The Morgan fingerprint density at radius 1 is 1.25 bits per heavy atom. The van der Waals surface area contributed by atoms with Gasteiger partial charge in [0.15, 0.2) is 0 Å². The smallest absolute Gasteiger partial charge is 0.378 e. The summed E-state index contributed by atoms with van der Waals surface area (Å²) in [5.41, 5.74) is 0.237. The summed E-state index contributed by atoms with van der Waals surface area (Å²) in [4.78, 5) is 1.65. The van der Waals surface area contributed by atoms with Gasteiger partial charge >= 0.3 is 6.18 Å². The first-order valence-electron chi connectivity index (χ1n) is 4.88. The monoisotopic (exact) mass is 232 g/mol. The Hall–Kier alpha value is -1.23. The van der Waals surface area contributed by atoms with E-state index in [9.17, 15) is 13.2 Å². The number of alkyl halides is 3. The Labute approximate surface area is 93.1 Å². The van der Waals surface area contributed by atoms with Crippen LogP contribution >= 0.6 is 0 Å². The van der Waals surface area contributed by atoms with E-state index >= 15 is 0 Å². The zero-order valence-electron chi connectivity index (χ0n) is 9.52. The molecule has 1 aromatic rings. The molecule has 0 atom stereocenters. The number of halogens is 3. The molecular formula is C11H15F3N2. The van der Waals surface area contributed by atoms with E-state index in [4.69, 9.17) is 0 Å². The number of hydrogen-bond donors (Lipinski definition) is 1. The van der Waals surface area contributed by atoms with Crippen molar-refractivity contribution in [2.75, 3.05) is 26.0 Å². The van der Waals surface area contributed by atoms with Crippen molar-refractivity contribution in [1.82, 2.24) is 5.32 Å². The zero-order chi connectivity index (χ0) is 12.3. The lowest BCUT2D eigenvalue weighted by Crippen LogP contribution is -2.16. The third kappa shape index (κ3) is 2.88. The molecule has 0 spiro atoms. The number of nitrogens with zero attached hydrogens (tertiary/aromatic N) is 1. The van der Waals surface area contributed by atoms with E-state index in [1.54, 1.807) is 32.1 Å². The topological polar surface area (TPSA) is 15.3 Å². The molecule has 0 unspecified atom stereocenters. The Morgan fingerprint density at radius 2 is 1.88 bits per heavy atom. The molecule has 1 aromatic carbocycles. The lowest BCUT2D eigenvalue weighted by Gasteiger charge is -2.18. The number of anilines is 1. The van der Waals surface area contributed by atoms with Crippen LogP contribution in [0.3, 0.4) is 0 Å². The maximum atomic E-state index is 12.8. The molecule has 2 nitrogen and oxygen atoms in total. The van der Waals surface area contributed by atoms with Gasteiger partial charge < -0.3 is 10.2 Å². The quantitative estimate of drug-likeness (QED) is 0.861. The third-order valence-corrected chi connectivity index (χ3v) is 2.28. The second kappa shape index (κ2) is 4.74. The van der Waals surface area contributed by atoms with Crippen LogP contribution in [0.25, 0.3) is 0 Å². The fraction of sp³-hybridized carbons (Fsp3) is 0.455. The molecule has 0 amide bonds. The molecule has 0 fully saturated rings. The van der Waals surface area contributed by atoms with E-state index in [0.717, 1.165) is 0 Å². The summed E-state index contributed by atoms with van der Waals surface area (Å²) in [6.45, 7) is 0.211. The van der Waals surface area contributed by atoms with Crippen LogP contribution in [-0.2, 0) is 12.7 Å². The van der Waals surface area contributed by atoms with Crippen LogP contribution in [0, 0.1) is 0 Å². The van der Waals surface area contributed by atoms with Gasteiger partial charge in [-0.15, -0.1) is 0 Å². The van der Waals surface area contributed by atoms with Crippen LogP contribution in [0.15, 0.2) is 18.2 Å². The molecule has 90 valence electrons. The number of hydrogen-bond acceptors (Lipinski definition) is 2. The van der Waals surface area contributed by atoms with Crippen LogP contribution in [0.2, 0.25) is 0 Å². The molecule has 0 radical (unpaired) electrons. The van der Waals surface area contributed by atoms with E-state index in [1.807, 2.05) is 0 Å². The van der Waals surface area contributed by atoms with Gasteiger partial charge in [-0.05, 0) is 24.7 Å². The summed E-state index contributed by atoms with van der Waals surface area (Å²) in [5, 5.41) is 2.73. The lowest BCUT2D eigenvalue weighted by molar-refractivity contribution is -0.138. The van der Waals surface area contributed by atoms with Crippen LogP contribution in [0.1, 0.15) is 11.1 Å². The molecule has 0 heterocycles. The van der Waals surface area contributed by atoms with Crippen molar-refractivity contribution >= 4 is 5.69 Å². The molecule has 0 saturated carbocycles. The first-order valence-corrected chi connectivity index (χ1v) is 4.88. The van der Waals surface area contributed by atoms with Crippen molar-refractivity contribution < 1.29 is 13.2 Å². The van der Waals surface area contributed by atoms with Crippen LogP contribution in [0.5, 0.6) is 0 Å². The molecule has 1 rings (SSSR count). The molecule has 1 N–H and O–H groups in total. The predicted octanol–water partition coefficient (Wildman–Crippen LogP) is 2.49. The molecule has 0 aromatic heterocycles. The molecule has 0 bridgehead atoms. The van der Waals surface area contributed by atoms with Crippen LogP contribution in [-0.4, -0.2) is 21.1 Å². The van der Waals surface area contributed by atoms with Crippen molar-refractivity contribution in [1.29, 1.82) is 0 Å². The van der Waals surface area contributed by atoms with Crippen LogP contribution in [0.4, 0.5) is 18.9 Å². The first kappa shape index (κ1) is 12.8. The van der Waals surface area contributed by atoms with Gasteiger partial charge in [-0.25, -0.2) is 0 Å². The van der Waals surface area contributed by atoms with Crippen molar-refractivity contribution in [3.05, 3.63) is 29.3 Å². The Bertz CT molecular complexity index is 359. The second-order valence-corrected chi connectivity index (χ2v) is 3.76. The molecule has 0 aliphatic rings. The summed E-state index contributed by atoms with van der Waals surface area (Å²) in [6, 6.07) is 4.36. The fourth-order valence-corrected chi connectivity index (χ4v) is 1.45. The highest BCUT2D eigenvalue weighted by molar-refractivity contribution is 5.50.